The lowest BCUT2D eigenvalue weighted by atomic mass is 9.92. The van der Waals surface area contributed by atoms with Gasteiger partial charge < -0.3 is 48.1 Å². The van der Waals surface area contributed by atoms with E-state index in [9.17, 15) is 10.2 Å². The van der Waals surface area contributed by atoms with Crippen molar-refractivity contribution in [3.8, 4) is 57.5 Å². The van der Waals surface area contributed by atoms with Gasteiger partial charge in [0.15, 0.2) is 46.0 Å². The molecule has 0 spiro atoms. The highest BCUT2D eigenvalue weighted by Gasteiger charge is 2.35. The molecule has 1 fully saturated rings. The van der Waals surface area contributed by atoms with E-state index in [0.29, 0.717) is 83.3 Å². The predicted molar refractivity (Wildman–Crippen MR) is 174 cm³/mol. The molecule has 1 saturated heterocycles. The van der Waals surface area contributed by atoms with E-state index in [1.165, 1.54) is 0 Å². The van der Waals surface area contributed by atoms with E-state index in [1.54, 1.807) is 40.6 Å². The number of fused-ring (bicyclic) bond motifs is 2. The Balaban J connectivity index is 1.25. The highest BCUT2D eigenvalue weighted by atomic mass is 16.7. The standard InChI is InChI=1S/C36H38N2O10/c1-41-27-7-5-21(13-29(27)43-3)35(23-15-31-33(17-25(23)39)47-19-45-31)37-9-11-38(12-10-37)36(22-6-8-28(42-2)30(14-22)44-4)24-16-32-34(18-26(24)40)48-20-46-32/h5-8,13-18,35-36,39-40H,9-12,19-20H2,1-4H3/t35-,36+. The highest BCUT2D eigenvalue weighted by Crippen LogP contribution is 2.47. The smallest absolute Gasteiger partial charge is 0.231 e. The molecule has 12 heteroatoms. The van der Waals surface area contributed by atoms with Crippen LogP contribution in [0.15, 0.2) is 60.7 Å². The summed E-state index contributed by atoms with van der Waals surface area (Å²) < 4.78 is 44.8. The summed E-state index contributed by atoms with van der Waals surface area (Å²) in [6.45, 7) is 2.71. The molecule has 0 unspecified atom stereocenters. The van der Waals surface area contributed by atoms with Crippen LogP contribution < -0.4 is 37.9 Å². The fraction of sp³-hybridized carbons (Fsp3) is 0.333. The molecule has 0 saturated carbocycles. The van der Waals surface area contributed by atoms with Gasteiger partial charge in [-0.15, -0.1) is 0 Å². The van der Waals surface area contributed by atoms with Gasteiger partial charge in [0, 0.05) is 49.4 Å². The van der Waals surface area contributed by atoms with Crippen LogP contribution in [0.5, 0.6) is 57.5 Å². The van der Waals surface area contributed by atoms with Gasteiger partial charge in [0.05, 0.1) is 40.5 Å². The summed E-state index contributed by atoms with van der Waals surface area (Å²) in [5.74, 6) is 4.79. The lowest BCUT2D eigenvalue weighted by Crippen LogP contribution is -2.49. The monoisotopic (exact) mass is 658 g/mol. The zero-order chi connectivity index (χ0) is 33.4. The van der Waals surface area contributed by atoms with Crippen molar-refractivity contribution in [2.75, 3.05) is 68.2 Å². The molecule has 252 valence electrons. The van der Waals surface area contributed by atoms with Crippen LogP contribution in [-0.4, -0.2) is 88.2 Å². The molecule has 48 heavy (non-hydrogen) atoms. The zero-order valence-electron chi connectivity index (χ0n) is 27.2. The number of rotatable bonds is 10. The number of phenols is 2. The van der Waals surface area contributed by atoms with Gasteiger partial charge in [0.1, 0.15) is 11.5 Å². The minimum absolute atomic E-state index is 0.0994. The number of piperazine rings is 1. The summed E-state index contributed by atoms with van der Waals surface area (Å²) >= 11 is 0. The molecule has 7 rings (SSSR count). The first-order chi connectivity index (χ1) is 23.4. The van der Waals surface area contributed by atoms with Crippen molar-refractivity contribution in [1.29, 1.82) is 0 Å². The number of ether oxygens (including phenoxy) is 8. The van der Waals surface area contributed by atoms with Crippen molar-refractivity contribution in [3.05, 3.63) is 82.9 Å². The van der Waals surface area contributed by atoms with Crippen LogP contribution in [0, 0.1) is 0 Å². The van der Waals surface area contributed by atoms with Crippen molar-refractivity contribution in [3.63, 3.8) is 0 Å². The Morgan fingerprint density at radius 3 is 1.21 bits per heavy atom. The molecule has 0 bridgehead atoms. The molecule has 4 aromatic carbocycles. The summed E-state index contributed by atoms with van der Waals surface area (Å²) in [6, 6.07) is 17.8. The van der Waals surface area contributed by atoms with Crippen LogP contribution >= 0.6 is 0 Å². The summed E-state index contributed by atoms with van der Waals surface area (Å²) in [7, 11) is 6.41. The van der Waals surface area contributed by atoms with Gasteiger partial charge >= 0.3 is 0 Å². The van der Waals surface area contributed by atoms with Crippen molar-refractivity contribution in [1.82, 2.24) is 9.80 Å². The van der Waals surface area contributed by atoms with Gasteiger partial charge in [0.25, 0.3) is 0 Å². The Kier molecular flexibility index (Phi) is 8.59. The first kappa shape index (κ1) is 31.4. The van der Waals surface area contributed by atoms with Gasteiger partial charge in [-0.1, -0.05) is 12.1 Å². The minimum Gasteiger partial charge on any atom is -0.507 e. The Morgan fingerprint density at radius 2 is 0.854 bits per heavy atom. The normalized spacial score (nSPS) is 16.8. The third kappa shape index (κ3) is 5.67. The van der Waals surface area contributed by atoms with Crippen LogP contribution in [0.4, 0.5) is 0 Å². The predicted octanol–water partition coefficient (Wildman–Crippen LogP) is 5.09. The summed E-state index contributed by atoms with van der Waals surface area (Å²) in [6.07, 6.45) is 0. The fourth-order valence-electron chi connectivity index (χ4n) is 6.81. The largest absolute Gasteiger partial charge is 0.507 e. The molecule has 0 amide bonds. The van der Waals surface area contributed by atoms with Crippen LogP contribution in [-0.2, 0) is 0 Å². The molecule has 4 aromatic rings. The molecule has 3 aliphatic rings. The maximum Gasteiger partial charge on any atom is 0.231 e. The Hall–Kier alpha value is -5.20. The molecular formula is C36H38N2O10. The molecule has 0 aromatic heterocycles. The maximum absolute atomic E-state index is 11.3. The third-order valence-corrected chi connectivity index (χ3v) is 9.16. The highest BCUT2D eigenvalue weighted by molar-refractivity contribution is 5.57. The minimum atomic E-state index is -0.347. The Labute approximate surface area is 278 Å². The number of phenolic OH excluding ortho intramolecular Hbond substituents is 2. The second-order valence-electron chi connectivity index (χ2n) is 11.6. The van der Waals surface area contributed by atoms with Crippen LogP contribution in [0.25, 0.3) is 0 Å². The summed E-state index contributed by atoms with van der Waals surface area (Å²) in [5.41, 5.74) is 3.20. The average Bonchev–Trinajstić information content (AvgIpc) is 3.77. The molecule has 2 N–H and O–H groups in total. The summed E-state index contributed by atoms with van der Waals surface area (Å²) in [4.78, 5) is 4.64. The first-order valence-electron chi connectivity index (χ1n) is 15.6. The van der Waals surface area contributed by atoms with Crippen molar-refractivity contribution < 1.29 is 48.1 Å². The number of aromatic hydroxyl groups is 2. The number of methoxy groups -OCH3 is 4. The number of hydrogen-bond donors (Lipinski definition) is 2. The number of benzene rings is 4. The number of nitrogens with zero attached hydrogens (tertiary/aromatic N) is 2. The third-order valence-electron chi connectivity index (χ3n) is 9.16. The lowest BCUT2D eigenvalue weighted by Gasteiger charge is -2.43. The Bertz CT molecular complexity index is 1680. The first-order valence-corrected chi connectivity index (χ1v) is 15.6. The molecular weight excluding hydrogens is 620 g/mol. The molecule has 0 aliphatic carbocycles. The van der Waals surface area contributed by atoms with E-state index < -0.39 is 0 Å². The van der Waals surface area contributed by atoms with Crippen molar-refractivity contribution >= 4 is 0 Å². The van der Waals surface area contributed by atoms with Crippen LogP contribution in [0.1, 0.15) is 34.3 Å². The fourth-order valence-corrected chi connectivity index (χ4v) is 6.81. The topological polar surface area (TPSA) is 121 Å². The van der Waals surface area contributed by atoms with Gasteiger partial charge in [0.2, 0.25) is 13.6 Å². The van der Waals surface area contributed by atoms with Crippen LogP contribution in [0.2, 0.25) is 0 Å². The second kappa shape index (κ2) is 13.1. The quantitative estimate of drug-likeness (QED) is 0.236. The number of hydrogen-bond acceptors (Lipinski definition) is 12. The van der Waals surface area contributed by atoms with Gasteiger partial charge in [-0.3, -0.25) is 9.80 Å². The van der Waals surface area contributed by atoms with E-state index in [2.05, 4.69) is 9.80 Å². The molecule has 0 radical (unpaired) electrons. The van der Waals surface area contributed by atoms with E-state index in [-0.39, 0.29) is 37.2 Å². The van der Waals surface area contributed by atoms with Gasteiger partial charge in [-0.05, 0) is 47.5 Å². The van der Waals surface area contributed by atoms with E-state index in [0.717, 1.165) is 11.1 Å². The molecule has 2 atom stereocenters. The van der Waals surface area contributed by atoms with Gasteiger partial charge in [-0.25, -0.2) is 0 Å². The second-order valence-corrected chi connectivity index (χ2v) is 11.6. The van der Waals surface area contributed by atoms with E-state index >= 15 is 0 Å². The SMILES string of the molecule is COc1ccc([C@H](c2cc3c(cc2O)OCO3)N2CCN([C@@H](c3ccc(OC)c(OC)c3)c3cc4c(cc3O)OCO4)CC2)cc1OC. The van der Waals surface area contributed by atoms with E-state index in [1.807, 2.05) is 48.5 Å². The summed E-state index contributed by atoms with van der Waals surface area (Å²) in [5, 5.41) is 22.6. The van der Waals surface area contributed by atoms with E-state index in [4.69, 9.17) is 37.9 Å². The zero-order valence-corrected chi connectivity index (χ0v) is 27.2. The average molecular weight is 659 g/mol. The van der Waals surface area contributed by atoms with Gasteiger partial charge in [-0.2, -0.15) is 0 Å². The molecule has 12 nitrogen and oxygen atoms in total. The Morgan fingerprint density at radius 1 is 0.500 bits per heavy atom. The lowest BCUT2D eigenvalue weighted by molar-refractivity contribution is 0.0881. The van der Waals surface area contributed by atoms with Crippen molar-refractivity contribution in [2.45, 2.75) is 12.1 Å². The van der Waals surface area contributed by atoms with Crippen molar-refractivity contribution in [2.24, 2.45) is 0 Å². The molecule has 3 heterocycles. The maximum atomic E-state index is 11.3. The molecule has 3 aliphatic heterocycles. The van der Waals surface area contributed by atoms with Crippen LogP contribution in [0.3, 0.4) is 0 Å².